The number of rotatable bonds is 3. The van der Waals surface area contributed by atoms with Gasteiger partial charge in [-0.1, -0.05) is 78.9 Å². The highest BCUT2D eigenvalue weighted by molar-refractivity contribution is 6.39. The first-order valence-corrected chi connectivity index (χ1v) is 9.34. The molecule has 1 aliphatic carbocycles. The Kier molecular flexibility index (Phi) is 4.03. The molecule has 0 saturated heterocycles. The summed E-state index contributed by atoms with van der Waals surface area (Å²) in [5.41, 5.74) is 3.83. The number of para-hydroxylation sites is 1. The second-order valence-electron chi connectivity index (χ2n) is 6.80. The summed E-state index contributed by atoms with van der Waals surface area (Å²) in [5.74, 6) is -0.413. The number of carbonyl (C=O) groups excluding carboxylic acids is 2. The number of Topliss-reactive ketones (excluding diaryl/α,β-unsaturated/α-hetero) is 1. The molecular formula is C25H16N2O2. The maximum atomic E-state index is 13.5. The summed E-state index contributed by atoms with van der Waals surface area (Å²) in [6, 6.07) is 28.2. The zero-order valence-corrected chi connectivity index (χ0v) is 15.4. The fourth-order valence-electron chi connectivity index (χ4n) is 3.64. The molecule has 3 aromatic carbocycles. The Morgan fingerprint density at radius 1 is 0.655 bits per heavy atom. The third kappa shape index (κ3) is 2.82. The SMILES string of the molecule is O=C1C=C(c2ccccc2)C(=O)c2c1c(-c1ccccc1)nn2-c1ccccc1. The molecule has 1 aromatic heterocycles. The lowest BCUT2D eigenvalue weighted by atomic mass is 9.88. The summed E-state index contributed by atoms with van der Waals surface area (Å²) in [6.45, 7) is 0. The monoisotopic (exact) mass is 376 g/mol. The van der Waals surface area contributed by atoms with Gasteiger partial charge in [0.15, 0.2) is 5.78 Å². The highest BCUT2D eigenvalue weighted by atomic mass is 16.1. The summed E-state index contributed by atoms with van der Waals surface area (Å²) < 4.78 is 1.59. The van der Waals surface area contributed by atoms with Crippen LogP contribution in [0.3, 0.4) is 0 Å². The normalized spacial score (nSPS) is 13.2. The molecule has 138 valence electrons. The van der Waals surface area contributed by atoms with Crippen molar-refractivity contribution in [2.45, 2.75) is 0 Å². The van der Waals surface area contributed by atoms with Gasteiger partial charge in [-0.25, -0.2) is 4.68 Å². The Morgan fingerprint density at radius 2 is 1.21 bits per heavy atom. The molecule has 4 heteroatoms. The van der Waals surface area contributed by atoms with Gasteiger partial charge >= 0.3 is 0 Å². The Labute approximate surface area is 167 Å². The molecule has 0 fully saturated rings. The predicted molar refractivity (Wildman–Crippen MR) is 112 cm³/mol. The van der Waals surface area contributed by atoms with Gasteiger partial charge in [0.05, 0.1) is 11.3 Å². The Balaban J connectivity index is 1.78. The van der Waals surface area contributed by atoms with Crippen LogP contribution in [-0.4, -0.2) is 21.3 Å². The van der Waals surface area contributed by atoms with Crippen molar-refractivity contribution >= 4 is 17.1 Å². The standard InChI is InChI=1S/C25H16N2O2/c28-21-16-20(17-10-4-1-5-11-17)25(29)24-22(21)23(18-12-6-2-7-13-18)26-27(24)19-14-8-3-9-15-19/h1-16H. The second kappa shape index (κ2) is 6.84. The molecule has 1 heterocycles. The third-order valence-corrected chi connectivity index (χ3v) is 5.00. The maximum Gasteiger partial charge on any atom is 0.213 e. The van der Waals surface area contributed by atoms with Crippen molar-refractivity contribution < 1.29 is 9.59 Å². The molecule has 0 amide bonds. The average molecular weight is 376 g/mol. The molecule has 4 aromatic rings. The van der Waals surface area contributed by atoms with E-state index in [4.69, 9.17) is 5.10 Å². The number of fused-ring (bicyclic) bond motifs is 1. The first kappa shape index (κ1) is 17.1. The second-order valence-corrected chi connectivity index (χ2v) is 6.80. The first-order valence-electron chi connectivity index (χ1n) is 9.34. The minimum atomic E-state index is -0.209. The van der Waals surface area contributed by atoms with E-state index in [-0.39, 0.29) is 11.6 Å². The molecule has 0 radical (unpaired) electrons. The van der Waals surface area contributed by atoms with Crippen LogP contribution >= 0.6 is 0 Å². The summed E-state index contributed by atoms with van der Waals surface area (Å²) in [5, 5.41) is 4.70. The topological polar surface area (TPSA) is 52.0 Å². The molecule has 1 aliphatic rings. The van der Waals surface area contributed by atoms with Crippen LogP contribution in [0.1, 0.15) is 26.4 Å². The van der Waals surface area contributed by atoms with Gasteiger partial charge in [-0.3, -0.25) is 9.59 Å². The van der Waals surface area contributed by atoms with Gasteiger partial charge in [-0.15, -0.1) is 0 Å². The van der Waals surface area contributed by atoms with E-state index in [0.29, 0.717) is 22.5 Å². The van der Waals surface area contributed by atoms with Crippen LogP contribution in [0.4, 0.5) is 0 Å². The molecule has 0 N–H and O–H groups in total. The molecular weight excluding hydrogens is 360 g/mol. The van der Waals surface area contributed by atoms with Crippen molar-refractivity contribution in [1.29, 1.82) is 0 Å². The molecule has 29 heavy (non-hydrogen) atoms. The van der Waals surface area contributed by atoms with E-state index in [0.717, 1.165) is 16.8 Å². The van der Waals surface area contributed by atoms with E-state index in [1.807, 2.05) is 91.0 Å². The largest absolute Gasteiger partial charge is 0.289 e. The van der Waals surface area contributed by atoms with Crippen LogP contribution in [0.25, 0.3) is 22.5 Å². The smallest absolute Gasteiger partial charge is 0.213 e. The van der Waals surface area contributed by atoms with E-state index in [1.54, 1.807) is 4.68 Å². The molecule has 0 atom stereocenters. The average Bonchev–Trinajstić information content (AvgIpc) is 3.20. The lowest BCUT2D eigenvalue weighted by Gasteiger charge is -2.15. The van der Waals surface area contributed by atoms with E-state index >= 15 is 0 Å². The van der Waals surface area contributed by atoms with E-state index in [1.165, 1.54) is 6.08 Å². The summed E-state index contributed by atoms with van der Waals surface area (Å²) >= 11 is 0. The van der Waals surface area contributed by atoms with E-state index in [9.17, 15) is 9.59 Å². The highest BCUT2D eigenvalue weighted by Gasteiger charge is 2.34. The Morgan fingerprint density at radius 3 is 1.83 bits per heavy atom. The molecule has 5 rings (SSSR count). The van der Waals surface area contributed by atoms with Crippen molar-refractivity contribution in [1.82, 2.24) is 9.78 Å². The number of carbonyl (C=O) groups is 2. The maximum absolute atomic E-state index is 13.5. The Bertz CT molecular complexity index is 1250. The van der Waals surface area contributed by atoms with Crippen LogP contribution in [-0.2, 0) is 0 Å². The summed E-state index contributed by atoms with van der Waals surface area (Å²) in [7, 11) is 0. The van der Waals surface area contributed by atoms with Crippen LogP contribution in [0.2, 0.25) is 0 Å². The number of nitrogens with zero attached hydrogens (tertiary/aromatic N) is 2. The van der Waals surface area contributed by atoms with Gasteiger partial charge in [0.1, 0.15) is 11.4 Å². The van der Waals surface area contributed by atoms with Crippen LogP contribution in [0.15, 0.2) is 97.1 Å². The number of hydrogen-bond acceptors (Lipinski definition) is 3. The fraction of sp³-hybridized carbons (Fsp3) is 0. The van der Waals surface area contributed by atoms with Crippen LogP contribution in [0.5, 0.6) is 0 Å². The van der Waals surface area contributed by atoms with Gasteiger partial charge < -0.3 is 0 Å². The van der Waals surface area contributed by atoms with Crippen molar-refractivity contribution in [2.75, 3.05) is 0 Å². The minimum Gasteiger partial charge on any atom is -0.289 e. The molecule has 0 aliphatic heterocycles. The first-order chi connectivity index (χ1) is 14.2. The quantitative estimate of drug-likeness (QED) is 0.505. The zero-order valence-electron chi connectivity index (χ0n) is 15.4. The van der Waals surface area contributed by atoms with E-state index in [2.05, 4.69) is 0 Å². The molecule has 0 bridgehead atoms. The number of allylic oxidation sites excluding steroid dienone is 2. The third-order valence-electron chi connectivity index (χ3n) is 5.00. The van der Waals surface area contributed by atoms with Gasteiger partial charge in [0, 0.05) is 11.1 Å². The molecule has 0 spiro atoms. The minimum absolute atomic E-state index is 0.204. The highest BCUT2D eigenvalue weighted by Crippen LogP contribution is 2.35. The van der Waals surface area contributed by atoms with Crippen LogP contribution in [0, 0.1) is 0 Å². The van der Waals surface area contributed by atoms with Gasteiger partial charge in [-0.2, -0.15) is 5.10 Å². The molecule has 0 unspecified atom stereocenters. The summed E-state index contributed by atoms with van der Waals surface area (Å²) in [6.07, 6.45) is 1.43. The van der Waals surface area contributed by atoms with Crippen molar-refractivity contribution in [2.24, 2.45) is 0 Å². The van der Waals surface area contributed by atoms with Crippen molar-refractivity contribution in [3.63, 3.8) is 0 Å². The van der Waals surface area contributed by atoms with Crippen molar-refractivity contribution in [3.05, 3.63) is 114 Å². The zero-order chi connectivity index (χ0) is 19.8. The summed E-state index contributed by atoms with van der Waals surface area (Å²) in [4.78, 5) is 26.7. The van der Waals surface area contributed by atoms with E-state index < -0.39 is 0 Å². The number of ketones is 2. The number of benzene rings is 3. The molecule has 0 saturated carbocycles. The number of aromatic nitrogens is 2. The Hall–Kier alpha value is -4.05. The van der Waals surface area contributed by atoms with Gasteiger partial charge in [0.2, 0.25) is 5.78 Å². The lowest BCUT2D eigenvalue weighted by Crippen LogP contribution is -2.19. The number of hydrogen-bond donors (Lipinski definition) is 0. The van der Waals surface area contributed by atoms with Gasteiger partial charge in [0.25, 0.3) is 0 Å². The van der Waals surface area contributed by atoms with Gasteiger partial charge in [-0.05, 0) is 23.8 Å². The van der Waals surface area contributed by atoms with Crippen molar-refractivity contribution in [3.8, 4) is 16.9 Å². The fourth-order valence-corrected chi connectivity index (χ4v) is 3.64. The predicted octanol–water partition coefficient (Wildman–Crippen LogP) is 5.00. The van der Waals surface area contributed by atoms with Crippen LogP contribution < -0.4 is 0 Å². The lowest BCUT2D eigenvalue weighted by molar-refractivity contribution is 0.0998. The molecule has 4 nitrogen and oxygen atoms in total.